The van der Waals surface area contributed by atoms with Gasteiger partial charge >= 0.3 is 0 Å². The van der Waals surface area contributed by atoms with Gasteiger partial charge in [0.15, 0.2) is 0 Å². The molecule has 2 fully saturated rings. The predicted octanol–water partition coefficient (Wildman–Crippen LogP) is 5.57. The molecule has 4 N–H and O–H groups in total. The molecule has 28 heavy (non-hydrogen) atoms. The molecule has 2 aromatic heterocycles. The second-order valence-corrected chi connectivity index (χ2v) is 9.99. The molecule has 0 aromatic carbocycles. The van der Waals surface area contributed by atoms with Crippen molar-refractivity contribution in [3.8, 4) is 0 Å². The van der Waals surface area contributed by atoms with Gasteiger partial charge in [-0.15, -0.1) is 0 Å². The molecule has 2 aliphatic rings. The lowest BCUT2D eigenvalue weighted by atomic mass is 9.75. The Labute approximate surface area is 169 Å². The maximum absolute atomic E-state index is 6.27. The first-order chi connectivity index (χ1) is 13.4. The minimum Gasteiger partial charge on any atom is -0.397 e. The van der Waals surface area contributed by atoms with Crippen LogP contribution < -0.4 is 11.5 Å². The molecule has 5 heteroatoms. The van der Waals surface area contributed by atoms with E-state index in [0.29, 0.717) is 28.9 Å². The van der Waals surface area contributed by atoms with E-state index in [-0.39, 0.29) is 0 Å². The lowest BCUT2D eigenvalue weighted by Crippen LogP contribution is -2.18. The van der Waals surface area contributed by atoms with Crippen LogP contribution in [0.25, 0.3) is 11.0 Å². The Kier molecular flexibility index (Phi) is 5.28. The zero-order valence-corrected chi connectivity index (χ0v) is 17.8. The Balaban J connectivity index is 1.51. The van der Waals surface area contributed by atoms with Gasteiger partial charge in [0.1, 0.15) is 17.8 Å². The molecule has 4 rings (SSSR count). The number of hydrogen-bond acceptors (Lipinski definition) is 4. The molecule has 0 aliphatic heterocycles. The first-order valence-corrected chi connectivity index (χ1v) is 11.3. The average molecular weight is 384 g/mol. The van der Waals surface area contributed by atoms with E-state index in [1.807, 2.05) is 6.20 Å². The molecule has 4 atom stereocenters. The summed E-state index contributed by atoms with van der Waals surface area (Å²) >= 11 is 0. The fraction of sp³-hybridized carbons (Fsp3) is 0.739. The highest BCUT2D eigenvalue weighted by molar-refractivity contribution is 5.97. The van der Waals surface area contributed by atoms with E-state index >= 15 is 0 Å². The quantitative estimate of drug-likeness (QED) is 0.676. The van der Waals surface area contributed by atoms with Crippen molar-refractivity contribution >= 4 is 22.5 Å². The summed E-state index contributed by atoms with van der Waals surface area (Å²) in [6.45, 7) is 7.39. The van der Waals surface area contributed by atoms with Crippen LogP contribution in [0.2, 0.25) is 0 Å². The standard InChI is InChI=1S/C23H37N5/c1-15-16(2)19(28-13-18(24)20-21(25)26-14-27-22(20)28)12-17(15)8-11-23(3)9-6-4-5-7-10-23/h13-17,19H,4-12,24H2,1-3H3,(H2,25,26,27)/t15?,16-,17?,19?/m1/s1. The van der Waals surface area contributed by atoms with Crippen molar-refractivity contribution in [3.63, 3.8) is 0 Å². The number of nitrogen functional groups attached to an aromatic ring is 2. The molecule has 2 aromatic rings. The van der Waals surface area contributed by atoms with Crippen molar-refractivity contribution in [2.45, 2.75) is 84.6 Å². The maximum Gasteiger partial charge on any atom is 0.147 e. The summed E-state index contributed by atoms with van der Waals surface area (Å²) in [4.78, 5) is 8.65. The first-order valence-electron chi connectivity index (χ1n) is 11.3. The maximum atomic E-state index is 6.27. The summed E-state index contributed by atoms with van der Waals surface area (Å²) in [5.41, 5.74) is 14.5. The Hall–Kier alpha value is -1.78. The summed E-state index contributed by atoms with van der Waals surface area (Å²) in [6, 6.07) is 0.441. The van der Waals surface area contributed by atoms with Gasteiger partial charge in [-0.3, -0.25) is 0 Å². The molecule has 0 amide bonds. The van der Waals surface area contributed by atoms with E-state index < -0.39 is 0 Å². The number of nitrogens with two attached hydrogens (primary N) is 2. The van der Waals surface area contributed by atoms with Crippen LogP contribution >= 0.6 is 0 Å². The van der Waals surface area contributed by atoms with Crippen LogP contribution in [0.3, 0.4) is 0 Å². The molecule has 0 radical (unpaired) electrons. The summed E-state index contributed by atoms with van der Waals surface area (Å²) in [5.74, 6) is 2.59. The number of anilines is 2. The smallest absolute Gasteiger partial charge is 0.147 e. The Morgan fingerprint density at radius 1 is 1.07 bits per heavy atom. The highest BCUT2D eigenvalue weighted by Gasteiger charge is 2.40. The van der Waals surface area contributed by atoms with Crippen LogP contribution in [0.1, 0.15) is 84.6 Å². The molecular formula is C23H37N5. The largest absolute Gasteiger partial charge is 0.397 e. The minimum absolute atomic E-state index is 0.441. The van der Waals surface area contributed by atoms with Crippen LogP contribution in [-0.4, -0.2) is 14.5 Å². The summed E-state index contributed by atoms with van der Waals surface area (Å²) in [7, 11) is 0. The van der Waals surface area contributed by atoms with E-state index in [1.54, 1.807) is 6.33 Å². The van der Waals surface area contributed by atoms with Crippen LogP contribution in [-0.2, 0) is 0 Å². The lowest BCUT2D eigenvalue weighted by Gasteiger charge is -2.30. The molecule has 2 saturated carbocycles. The molecule has 0 saturated heterocycles. The SMILES string of the molecule is CC1C(CCC2(C)CCCCCC2)CC(n2cc(N)c3c(N)ncnc32)[C@@H]1C. The van der Waals surface area contributed by atoms with Crippen molar-refractivity contribution in [2.24, 2.45) is 23.2 Å². The highest BCUT2D eigenvalue weighted by Crippen LogP contribution is 2.49. The number of nitrogens with zero attached hydrogens (tertiary/aromatic N) is 3. The zero-order chi connectivity index (χ0) is 19.9. The minimum atomic E-state index is 0.441. The zero-order valence-electron chi connectivity index (χ0n) is 17.8. The monoisotopic (exact) mass is 383 g/mol. The van der Waals surface area contributed by atoms with Crippen molar-refractivity contribution in [1.29, 1.82) is 0 Å². The third kappa shape index (κ3) is 3.48. The number of fused-ring (bicyclic) bond motifs is 1. The van der Waals surface area contributed by atoms with Gasteiger partial charge in [-0.05, 0) is 55.3 Å². The van der Waals surface area contributed by atoms with Crippen LogP contribution in [0.5, 0.6) is 0 Å². The Morgan fingerprint density at radius 2 is 1.79 bits per heavy atom. The molecule has 3 unspecified atom stereocenters. The highest BCUT2D eigenvalue weighted by atomic mass is 15.1. The number of rotatable bonds is 4. The van der Waals surface area contributed by atoms with Crippen molar-refractivity contribution in [2.75, 3.05) is 11.5 Å². The third-order valence-electron chi connectivity index (χ3n) is 8.18. The molecule has 0 spiro atoms. The van der Waals surface area contributed by atoms with Gasteiger partial charge in [-0.25, -0.2) is 9.97 Å². The van der Waals surface area contributed by atoms with Crippen molar-refractivity contribution in [1.82, 2.24) is 14.5 Å². The van der Waals surface area contributed by atoms with Crippen molar-refractivity contribution < 1.29 is 0 Å². The van der Waals surface area contributed by atoms with Gasteiger partial charge in [0.05, 0.1) is 11.1 Å². The second-order valence-electron chi connectivity index (χ2n) is 9.99. The summed E-state index contributed by atoms with van der Waals surface area (Å²) < 4.78 is 2.29. The van der Waals surface area contributed by atoms with Gasteiger partial charge in [0.2, 0.25) is 0 Å². The van der Waals surface area contributed by atoms with Crippen LogP contribution in [0.15, 0.2) is 12.5 Å². The predicted molar refractivity (Wildman–Crippen MR) is 117 cm³/mol. The molecular weight excluding hydrogens is 346 g/mol. The van der Waals surface area contributed by atoms with Crippen LogP contribution in [0, 0.1) is 23.2 Å². The fourth-order valence-corrected chi connectivity index (χ4v) is 6.02. The van der Waals surface area contributed by atoms with Gasteiger partial charge in [0.25, 0.3) is 0 Å². The molecule has 0 bridgehead atoms. The van der Waals surface area contributed by atoms with Gasteiger partial charge in [-0.1, -0.05) is 46.5 Å². The Morgan fingerprint density at radius 3 is 2.50 bits per heavy atom. The Bertz CT molecular complexity index is 818. The third-order valence-corrected chi connectivity index (χ3v) is 8.18. The number of aromatic nitrogens is 3. The molecule has 2 aliphatic carbocycles. The van der Waals surface area contributed by atoms with E-state index in [9.17, 15) is 0 Å². The molecule has 154 valence electrons. The fourth-order valence-electron chi connectivity index (χ4n) is 6.02. The van der Waals surface area contributed by atoms with Gasteiger partial charge in [-0.2, -0.15) is 0 Å². The van der Waals surface area contributed by atoms with E-state index in [0.717, 1.165) is 22.9 Å². The van der Waals surface area contributed by atoms with E-state index in [4.69, 9.17) is 11.5 Å². The van der Waals surface area contributed by atoms with Crippen LogP contribution in [0.4, 0.5) is 11.5 Å². The van der Waals surface area contributed by atoms with E-state index in [2.05, 4.69) is 35.3 Å². The molecule has 5 nitrogen and oxygen atoms in total. The van der Waals surface area contributed by atoms with Gasteiger partial charge in [0, 0.05) is 12.2 Å². The lowest BCUT2D eigenvalue weighted by molar-refractivity contribution is 0.212. The topological polar surface area (TPSA) is 82.8 Å². The normalized spacial score (nSPS) is 30.5. The van der Waals surface area contributed by atoms with Crippen molar-refractivity contribution in [3.05, 3.63) is 12.5 Å². The second kappa shape index (κ2) is 7.57. The van der Waals surface area contributed by atoms with E-state index in [1.165, 1.54) is 57.8 Å². The summed E-state index contributed by atoms with van der Waals surface area (Å²) in [5, 5.41) is 0.816. The first kappa shape index (κ1) is 19.5. The average Bonchev–Trinajstić information content (AvgIpc) is 3.04. The number of hydrogen-bond donors (Lipinski definition) is 2. The van der Waals surface area contributed by atoms with Gasteiger partial charge < -0.3 is 16.0 Å². The summed E-state index contributed by atoms with van der Waals surface area (Å²) in [6.07, 6.45) is 16.1. The molecule has 2 heterocycles.